The molecule has 0 aromatic heterocycles. The molecular weight excluding hydrogens is 356 g/mol. The second-order valence-corrected chi connectivity index (χ2v) is 8.22. The third kappa shape index (κ3) is 6.89. The Morgan fingerprint density at radius 2 is 1.38 bits per heavy atom. The third-order valence-electron chi connectivity index (χ3n) is 2.35. The lowest BCUT2D eigenvalue weighted by Crippen LogP contribution is -2.21. The Morgan fingerprint density at radius 1 is 1.00 bits per heavy atom. The van der Waals surface area contributed by atoms with E-state index >= 15 is 0 Å². The molecule has 0 atom stereocenters. The van der Waals surface area contributed by atoms with E-state index in [1.54, 1.807) is 27.7 Å². The summed E-state index contributed by atoms with van der Waals surface area (Å²) in [6, 6.07) is 0. The SMILES string of the molecule is C=C(N)NC(=CC(=N)P(=O)(OCC)OCC)P(=O)(OCC)OCC. The van der Waals surface area contributed by atoms with Gasteiger partial charge in [0.15, 0.2) is 0 Å². The van der Waals surface area contributed by atoms with Crippen molar-refractivity contribution >= 4 is 20.6 Å². The van der Waals surface area contributed by atoms with Crippen LogP contribution in [-0.2, 0) is 27.2 Å². The highest BCUT2D eigenvalue weighted by Crippen LogP contribution is 2.57. The lowest BCUT2D eigenvalue weighted by Gasteiger charge is -2.22. The molecule has 0 saturated carbocycles. The van der Waals surface area contributed by atoms with E-state index in [0.717, 1.165) is 6.08 Å². The van der Waals surface area contributed by atoms with Gasteiger partial charge in [-0.05, 0) is 27.7 Å². The maximum atomic E-state index is 12.9. The molecule has 9 nitrogen and oxygen atoms in total. The van der Waals surface area contributed by atoms with Crippen molar-refractivity contribution in [3.8, 4) is 0 Å². The summed E-state index contributed by atoms with van der Waals surface area (Å²) in [5.41, 5.74) is 4.84. The fourth-order valence-electron chi connectivity index (χ4n) is 1.59. The second kappa shape index (κ2) is 10.8. The highest BCUT2D eigenvalue weighted by Gasteiger charge is 2.35. The van der Waals surface area contributed by atoms with Crippen LogP contribution in [-0.4, -0.2) is 31.9 Å². The lowest BCUT2D eigenvalue weighted by atomic mass is 10.6. The van der Waals surface area contributed by atoms with Crippen molar-refractivity contribution < 1.29 is 27.2 Å². The van der Waals surface area contributed by atoms with E-state index in [9.17, 15) is 9.13 Å². The van der Waals surface area contributed by atoms with Gasteiger partial charge in [-0.2, -0.15) is 0 Å². The number of hydrogen-bond donors (Lipinski definition) is 3. The van der Waals surface area contributed by atoms with Crippen molar-refractivity contribution in [2.45, 2.75) is 27.7 Å². The van der Waals surface area contributed by atoms with E-state index in [2.05, 4.69) is 11.9 Å². The van der Waals surface area contributed by atoms with Crippen LogP contribution in [0, 0.1) is 5.41 Å². The number of rotatable bonds is 13. The highest BCUT2D eigenvalue weighted by atomic mass is 31.2. The minimum Gasteiger partial charge on any atom is -0.386 e. The normalized spacial score (nSPS) is 12.9. The summed E-state index contributed by atoms with van der Waals surface area (Å²) in [5.74, 6) is -0.0451. The first-order valence-electron chi connectivity index (χ1n) is 7.50. The zero-order chi connectivity index (χ0) is 18.8. The smallest absolute Gasteiger partial charge is 0.378 e. The monoisotopic (exact) mass is 383 g/mol. The molecule has 0 bridgehead atoms. The van der Waals surface area contributed by atoms with Crippen molar-refractivity contribution in [2.24, 2.45) is 5.73 Å². The standard InChI is InChI=1S/C13H27N3O6P2/c1-6-19-23(17,20-7-2)12(15)10-13(16-11(5)14)24(18,21-8-3)22-9-4/h10,15-16H,5-9,14H2,1-4H3. The van der Waals surface area contributed by atoms with Gasteiger partial charge in [0.2, 0.25) is 0 Å². The largest absolute Gasteiger partial charge is 0.386 e. The quantitative estimate of drug-likeness (QED) is 0.326. The second-order valence-electron chi connectivity index (χ2n) is 4.23. The van der Waals surface area contributed by atoms with E-state index < -0.39 is 20.6 Å². The van der Waals surface area contributed by atoms with Gasteiger partial charge in [0.05, 0.1) is 32.2 Å². The van der Waals surface area contributed by atoms with Gasteiger partial charge < -0.3 is 29.1 Å². The van der Waals surface area contributed by atoms with Gasteiger partial charge in [-0.15, -0.1) is 0 Å². The molecule has 0 heterocycles. The van der Waals surface area contributed by atoms with Gasteiger partial charge in [-0.25, -0.2) is 0 Å². The molecule has 0 saturated heterocycles. The number of nitrogens with two attached hydrogens (primary N) is 1. The van der Waals surface area contributed by atoms with Gasteiger partial charge in [-0.3, -0.25) is 14.5 Å². The molecular formula is C13H27N3O6P2. The fraction of sp³-hybridized carbons (Fsp3) is 0.615. The highest BCUT2D eigenvalue weighted by molar-refractivity contribution is 7.72. The van der Waals surface area contributed by atoms with Gasteiger partial charge >= 0.3 is 15.2 Å². The molecule has 0 fully saturated rings. The summed E-state index contributed by atoms with van der Waals surface area (Å²) in [5, 5.41) is 10.6. The van der Waals surface area contributed by atoms with Crippen LogP contribution >= 0.6 is 15.2 Å². The summed E-state index contributed by atoms with van der Waals surface area (Å²) in [6.45, 7) is 10.3. The Morgan fingerprint density at radius 3 is 1.71 bits per heavy atom. The molecule has 0 rings (SSSR count). The maximum absolute atomic E-state index is 12.9. The van der Waals surface area contributed by atoms with E-state index in [1.165, 1.54) is 0 Å². The van der Waals surface area contributed by atoms with E-state index in [0.29, 0.717) is 0 Å². The van der Waals surface area contributed by atoms with Crippen LogP contribution in [0.2, 0.25) is 0 Å². The number of hydrogen-bond acceptors (Lipinski definition) is 9. The molecule has 24 heavy (non-hydrogen) atoms. The Kier molecular flexibility index (Phi) is 10.4. The molecule has 4 N–H and O–H groups in total. The van der Waals surface area contributed by atoms with Gasteiger partial charge in [0.25, 0.3) is 0 Å². The van der Waals surface area contributed by atoms with Crippen LogP contribution in [0.4, 0.5) is 0 Å². The van der Waals surface area contributed by atoms with Gasteiger partial charge in [-0.1, -0.05) is 6.58 Å². The minimum atomic E-state index is -3.85. The fourth-order valence-corrected chi connectivity index (χ4v) is 4.61. The number of nitrogens with one attached hydrogen (secondary N) is 2. The average Bonchev–Trinajstić information content (AvgIpc) is 2.47. The summed E-state index contributed by atoms with van der Waals surface area (Å²) in [4.78, 5) is 0. The summed E-state index contributed by atoms with van der Waals surface area (Å²) < 4.78 is 46.1. The summed E-state index contributed by atoms with van der Waals surface area (Å²) >= 11 is 0. The molecule has 0 amide bonds. The summed E-state index contributed by atoms with van der Waals surface area (Å²) in [7, 11) is -7.66. The van der Waals surface area contributed by atoms with Gasteiger partial charge in [0, 0.05) is 6.08 Å². The number of allylic oxidation sites excluding steroid dienone is 1. The van der Waals surface area contributed by atoms with E-state index in [1.807, 2.05) is 0 Å². The predicted molar refractivity (Wildman–Crippen MR) is 94.0 cm³/mol. The average molecular weight is 383 g/mol. The molecule has 0 aliphatic heterocycles. The van der Waals surface area contributed by atoms with Crippen LogP contribution in [0.15, 0.2) is 23.9 Å². The van der Waals surface area contributed by atoms with Crippen molar-refractivity contribution in [1.29, 1.82) is 5.41 Å². The zero-order valence-corrected chi connectivity index (χ0v) is 16.3. The maximum Gasteiger partial charge on any atom is 0.378 e. The van der Waals surface area contributed by atoms with Crippen molar-refractivity contribution in [3.63, 3.8) is 0 Å². The molecule has 0 aliphatic rings. The molecule has 11 heteroatoms. The van der Waals surface area contributed by atoms with Gasteiger partial charge in [0.1, 0.15) is 10.9 Å². The molecule has 0 aliphatic carbocycles. The molecule has 0 unspecified atom stereocenters. The zero-order valence-electron chi connectivity index (χ0n) is 14.5. The Bertz CT molecular complexity index is 544. The Balaban J connectivity index is 5.91. The Hall–Kier alpha value is -0.950. The lowest BCUT2D eigenvalue weighted by molar-refractivity contribution is 0.225. The topological polar surface area (TPSA) is 133 Å². The minimum absolute atomic E-state index is 0.0451. The summed E-state index contributed by atoms with van der Waals surface area (Å²) in [6.07, 6.45) is 1.02. The first-order valence-corrected chi connectivity index (χ1v) is 10.6. The van der Waals surface area contributed by atoms with Crippen LogP contribution in [0.1, 0.15) is 27.7 Å². The molecule has 0 aromatic carbocycles. The first-order chi connectivity index (χ1) is 11.2. The van der Waals surface area contributed by atoms with E-state index in [-0.39, 0.29) is 37.7 Å². The van der Waals surface area contributed by atoms with Crippen LogP contribution in [0.3, 0.4) is 0 Å². The predicted octanol–water partition coefficient (Wildman–Crippen LogP) is 3.36. The molecule has 0 radical (unpaired) electrons. The Labute approximate surface area is 143 Å². The molecule has 0 spiro atoms. The first kappa shape index (κ1) is 23.1. The van der Waals surface area contributed by atoms with Crippen LogP contribution < -0.4 is 11.1 Å². The van der Waals surface area contributed by atoms with Crippen molar-refractivity contribution in [1.82, 2.24) is 5.32 Å². The molecule has 140 valence electrons. The van der Waals surface area contributed by atoms with E-state index in [4.69, 9.17) is 29.2 Å². The van der Waals surface area contributed by atoms with Crippen molar-refractivity contribution in [3.05, 3.63) is 23.9 Å². The molecule has 0 aromatic rings. The van der Waals surface area contributed by atoms with Crippen LogP contribution in [0.5, 0.6) is 0 Å². The van der Waals surface area contributed by atoms with Crippen LogP contribution in [0.25, 0.3) is 0 Å². The third-order valence-corrected chi connectivity index (χ3v) is 6.29. The van der Waals surface area contributed by atoms with Crippen molar-refractivity contribution in [2.75, 3.05) is 26.4 Å².